The Hall–Kier alpha value is -2.83. The van der Waals surface area contributed by atoms with E-state index in [9.17, 15) is 19.5 Å². The Kier molecular flexibility index (Phi) is 5.35. The third-order valence-electron chi connectivity index (χ3n) is 3.44. The zero-order valence-electron chi connectivity index (χ0n) is 12.8. The lowest BCUT2D eigenvalue weighted by molar-refractivity contribution is -0.122. The van der Waals surface area contributed by atoms with Gasteiger partial charge in [0, 0.05) is 11.8 Å². The van der Waals surface area contributed by atoms with Gasteiger partial charge in [-0.1, -0.05) is 31.9 Å². The summed E-state index contributed by atoms with van der Waals surface area (Å²) in [6, 6.07) is 6.58. The van der Waals surface area contributed by atoms with Crippen LogP contribution in [0.15, 0.2) is 29.1 Å². The minimum absolute atomic E-state index is 0.286. The first-order chi connectivity index (χ1) is 11.0. The standard InChI is InChI=1S/C16H19N3O4/c1-2-3-4-9-12(20)18-19-16(23)13-14(21)10-7-5-6-8-11(10)17-15(13)22/h5-8H,2-4,9H2,1H3,(H,18,20)(H,19,23)(H2,17,21,22). The van der Waals surface area contributed by atoms with Gasteiger partial charge in [-0.25, -0.2) is 0 Å². The molecule has 2 amide bonds. The van der Waals surface area contributed by atoms with E-state index in [4.69, 9.17) is 0 Å². The van der Waals surface area contributed by atoms with Crippen molar-refractivity contribution in [1.82, 2.24) is 15.8 Å². The number of carbonyl (C=O) groups excluding carboxylic acids is 2. The average Bonchev–Trinajstić information content (AvgIpc) is 2.53. The maximum Gasteiger partial charge on any atom is 0.279 e. The number of hydrogen-bond donors (Lipinski definition) is 4. The van der Waals surface area contributed by atoms with E-state index in [2.05, 4.69) is 15.8 Å². The van der Waals surface area contributed by atoms with Gasteiger partial charge in [-0.05, 0) is 18.6 Å². The second-order valence-corrected chi connectivity index (χ2v) is 5.18. The highest BCUT2D eigenvalue weighted by Crippen LogP contribution is 2.24. The Balaban J connectivity index is 2.12. The molecule has 0 unspecified atom stereocenters. The summed E-state index contributed by atoms with van der Waals surface area (Å²) in [7, 11) is 0. The number of H-pyrrole nitrogens is 1. The van der Waals surface area contributed by atoms with E-state index in [0.717, 1.165) is 19.3 Å². The molecule has 0 atom stereocenters. The third-order valence-corrected chi connectivity index (χ3v) is 3.44. The van der Waals surface area contributed by atoms with Crippen LogP contribution >= 0.6 is 0 Å². The zero-order chi connectivity index (χ0) is 16.8. The Labute approximate surface area is 132 Å². The van der Waals surface area contributed by atoms with Crippen LogP contribution in [0.1, 0.15) is 43.0 Å². The highest BCUT2D eigenvalue weighted by atomic mass is 16.3. The summed E-state index contributed by atoms with van der Waals surface area (Å²) in [6.45, 7) is 2.02. The van der Waals surface area contributed by atoms with E-state index in [1.807, 2.05) is 6.92 Å². The highest BCUT2D eigenvalue weighted by molar-refractivity contribution is 6.02. The Morgan fingerprint density at radius 3 is 2.65 bits per heavy atom. The van der Waals surface area contributed by atoms with Crippen molar-refractivity contribution in [3.63, 3.8) is 0 Å². The van der Waals surface area contributed by atoms with Crippen LogP contribution < -0.4 is 16.4 Å². The van der Waals surface area contributed by atoms with Gasteiger partial charge in [0.15, 0.2) is 0 Å². The number of benzene rings is 1. The number of carbonyl (C=O) groups is 2. The van der Waals surface area contributed by atoms with Gasteiger partial charge in [0.1, 0.15) is 11.3 Å². The van der Waals surface area contributed by atoms with Crippen LogP contribution in [0.2, 0.25) is 0 Å². The topological polar surface area (TPSA) is 111 Å². The van der Waals surface area contributed by atoms with Crippen molar-refractivity contribution < 1.29 is 14.7 Å². The summed E-state index contributed by atoms with van der Waals surface area (Å²) in [5.41, 5.74) is 3.66. The highest BCUT2D eigenvalue weighted by Gasteiger charge is 2.19. The van der Waals surface area contributed by atoms with Crippen LogP contribution in [0.25, 0.3) is 10.9 Å². The first-order valence-electron chi connectivity index (χ1n) is 7.47. The number of fused-ring (bicyclic) bond motifs is 1. The van der Waals surface area contributed by atoms with Crippen LogP contribution in [0, 0.1) is 0 Å². The monoisotopic (exact) mass is 317 g/mol. The number of para-hydroxylation sites is 1. The quantitative estimate of drug-likeness (QED) is 0.495. The lowest BCUT2D eigenvalue weighted by atomic mass is 10.1. The minimum atomic E-state index is -0.863. The molecule has 0 spiro atoms. The maximum atomic E-state index is 12.1. The molecule has 0 fully saturated rings. The Morgan fingerprint density at radius 2 is 1.91 bits per heavy atom. The van der Waals surface area contributed by atoms with E-state index in [1.54, 1.807) is 24.3 Å². The molecule has 1 aromatic carbocycles. The van der Waals surface area contributed by atoms with Gasteiger partial charge < -0.3 is 10.1 Å². The van der Waals surface area contributed by atoms with Crippen molar-refractivity contribution in [2.45, 2.75) is 32.6 Å². The fourth-order valence-corrected chi connectivity index (χ4v) is 2.22. The molecular formula is C16H19N3O4. The number of hydrogen-bond acceptors (Lipinski definition) is 4. The number of aromatic amines is 1. The predicted octanol–water partition coefficient (Wildman–Crippen LogP) is 1.57. The molecule has 0 aliphatic rings. The van der Waals surface area contributed by atoms with E-state index >= 15 is 0 Å². The summed E-state index contributed by atoms with van der Waals surface area (Å²) in [6.07, 6.45) is 2.92. The SMILES string of the molecule is CCCCCC(=O)NNC(=O)c1c(O)c2ccccc2[nH]c1=O. The number of hydrazine groups is 1. The normalized spacial score (nSPS) is 10.5. The van der Waals surface area contributed by atoms with Gasteiger partial charge in [-0.15, -0.1) is 0 Å². The van der Waals surface area contributed by atoms with E-state index in [-0.39, 0.29) is 12.3 Å². The van der Waals surface area contributed by atoms with Crippen molar-refractivity contribution in [1.29, 1.82) is 0 Å². The smallest absolute Gasteiger partial charge is 0.279 e. The first-order valence-corrected chi connectivity index (χ1v) is 7.47. The van der Waals surface area contributed by atoms with E-state index in [0.29, 0.717) is 10.9 Å². The molecule has 0 radical (unpaired) electrons. The van der Waals surface area contributed by atoms with Gasteiger partial charge in [0.05, 0.1) is 5.52 Å². The first kappa shape index (κ1) is 16.5. The Morgan fingerprint density at radius 1 is 1.17 bits per heavy atom. The van der Waals surface area contributed by atoms with Crippen molar-refractivity contribution >= 4 is 22.7 Å². The number of aromatic hydroxyl groups is 1. The van der Waals surface area contributed by atoms with Crippen molar-refractivity contribution in [2.24, 2.45) is 0 Å². The van der Waals surface area contributed by atoms with Crippen molar-refractivity contribution in [3.8, 4) is 5.75 Å². The number of pyridine rings is 1. The lowest BCUT2D eigenvalue weighted by Gasteiger charge is -2.09. The summed E-state index contributed by atoms with van der Waals surface area (Å²) >= 11 is 0. The fourth-order valence-electron chi connectivity index (χ4n) is 2.22. The lowest BCUT2D eigenvalue weighted by Crippen LogP contribution is -2.43. The molecular weight excluding hydrogens is 298 g/mol. The molecule has 7 nitrogen and oxygen atoms in total. The minimum Gasteiger partial charge on any atom is -0.506 e. The third kappa shape index (κ3) is 3.88. The number of rotatable bonds is 5. The molecule has 2 rings (SSSR count). The van der Waals surface area contributed by atoms with Crippen LogP contribution in [-0.4, -0.2) is 21.9 Å². The molecule has 0 saturated carbocycles. The van der Waals surface area contributed by atoms with Crippen LogP contribution in [-0.2, 0) is 4.79 Å². The average molecular weight is 317 g/mol. The number of nitrogens with one attached hydrogen (secondary N) is 3. The summed E-state index contributed by atoms with van der Waals surface area (Å²) in [4.78, 5) is 38.1. The number of aromatic nitrogens is 1. The second-order valence-electron chi connectivity index (χ2n) is 5.18. The number of unbranched alkanes of at least 4 members (excludes halogenated alkanes) is 2. The largest absolute Gasteiger partial charge is 0.506 e. The summed E-state index contributed by atoms with van der Waals surface area (Å²) in [5, 5.41) is 10.5. The molecule has 7 heteroatoms. The van der Waals surface area contributed by atoms with Crippen LogP contribution in [0.3, 0.4) is 0 Å². The van der Waals surface area contributed by atoms with Gasteiger partial charge >= 0.3 is 0 Å². The fraction of sp³-hybridized carbons (Fsp3) is 0.312. The van der Waals surface area contributed by atoms with Crippen LogP contribution in [0.4, 0.5) is 0 Å². The molecule has 0 aliphatic carbocycles. The predicted molar refractivity (Wildman–Crippen MR) is 86.0 cm³/mol. The molecule has 4 N–H and O–H groups in total. The molecule has 0 aliphatic heterocycles. The van der Waals surface area contributed by atoms with Crippen LogP contribution in [0.5, 0.6) is 5.75 Å². The van der Waals surface area contributed by atoms with Gasteiger partial charge in [-0.2, -0.15) is 0 Å². The molecule has 122 valence electrons. The molecule has 0 saturated heterocycles. The molecule has 23 heavy (non-hydrogen) atoms. The second kappa shape index (κ2) is 7.44. The molecule has 0 bridgehead atoms. The Bertz CT molecular complexity index is 782. The molecule has 1 aromatic heterocycles. The van der Waals surface area contributed by atoms with Gasteiger partial charge in [0.2, 0.25) is 5.91 Å². The van der Waals surface area contributed by atoms with E-state index in [1.165, 1.54) is 0 Å². The van der Waals surface area contributed by atoms with E-state index < -0.39 is 22.8 Å². The van der Waals surface area contributed by atoms with Crippen molar-refractivity contribution in [2.75, 3.05) is 0 Å². The van der Waals surface area contributed by atoms with Gasteiger partial charge in [0.25, 0.3) is 11.5 Å². The molecule has 2 aromatic rings. The zero-order valence-corrected chi connectivity index (χ0v) is 12.8. The maximum absolute atomic E-state index is 12.1. The van der Waals surface area contributed by atoms with Crippen molar-refractivity contribution in [3.05, 3.63) is 40.2 Å². The molecule has 1 heterocycles. The number of amides is 2. The summed E-state index contributed by atoms with van der Waals surface area (Å²) < 4.78 is 0. The summed E-state index contributed by atoms with van der Waals surface area (Å²) in [5.74, 6) is -1.62. The van der Waals surface area contributed by atoms with Gasteiger partial charge in [-0.3, -0.25) is 25.2 Å².